The van der Waals surface area contributed by atoms with E-state index in [2.05, 4.69) is 37.5 Å². The Kier molecular flexibility index (Phi) is 4.68. The predicted molar refractivity (Wildman–Crippen MR) is 98.4 cm³/mol. The Morgan fingerprint density at radius 3 is 2.73 bits per heavy atom. The highest BCUT2D eigenvalue weighted by Crippen LogP contribution is 2.49. The molecule has 0 atom stereocenters. The molecule has 2 aromatic rings. The number of piperidine rings is 1. The van der Waals surface area contributed by atoms with Crippen molar-refractivity contribution >= 4 is 5.91 Å². The number of aryl methyl sites for hydroxylation is 1. The summed E-state index contributed by atoms with van der Waals surface area (Å²) in [6.07, 6.45) is 7.67. The smallest absolute Gasteiger partial charge is 0.253 e. The molecule has 6 heteroatoms. The van der Waals surface area contributed by atoms with Gasteiger partial charge in [-0.3, -0.25) is 14.7 Å². The van der Waals surface area contributed by atoms with Crippen molar-refractivity contribution in [2.24, 2.45) is 5.41 Å². The molecule has 26 heavy (non-hydrogen) atoms. The second-order valence-corrected chi connectivity index (χ2v) is 7.76. The maximum Gasteiger partial charge on any atom is 0.253 e. The number of nitrogens with one attached hydrogen (secondary N) is 1. The van der Waals surface area contributed by atoms with E-state index in [1.165, 1.54) is 19.0 Å². The molecule has 1 aliphatic heterocycles. The van der Waals surface area contributed by atoms with Crippen LogP contribution in [0.2, 0.25) is 0 Å². The van der Waals surface area contributed by atoms with Gasteiger partial charge in [-0.05, 0) is 69.3 Å². The molecule has 3 heterocycles. The Labute approximate surface area is 154 Å². The van der Waals surface area contributed by atoms with Gasteiger partial charge in [0.2, 0.25) is 0 Å². The van der Waals surface area contributed by atoms with Crippen molar-refractivity contribution < 1.29 is 4.79 Å². The topological polar surface area (TPSA) is 71.0 Å². The van der Waals surface area contributed by atoms with Crippen LogP contribution in [0.4, 0.5) is 0 Å². The van der Waals surface area contributed by atoms with Crippen molar-refractivity contribution in [2.45, 2.75) is 45.2 Å². The molecule has 1 aliphatic carbocycles. The molecule has 2 fully saturated rings. The van der Waals surface area contributed by atoms with Crippen molar-refractivity contribution in [3.63, 3.8) is 0 Å². The van der Waals surface area contributed by atoms with Crippen molar-refractivity contribution in [1.82, 2.24) is 25.4 Å². The first-order valence-electron chi connectivity index (χ1n) is 9.34. The Bertz CT molecular complexity index is 763. The van der Waals surface area contributed by atoms with Crippen molar-refractivity contribution in [1.29, 1.82) is 0 Å². The fraction of sp³-hybridized carbons (Fsp3) is 0.500. The molecule has 1 amide bonds. The lowest BCUT2D eigenvalue weighted by Crippen LogP contribution is -2.54. The van der Waals surface area contributed by atoms with E-state index >= 15 is 0 Å². The number of hydrogen-bond donors (Lipinski definition) is 1. The number of carbonyl (C=O) groups excluding carboxylic acids is 1. The molecule has 0 unspecified atom stereocenters. The number of hydrogen-bond acceptors (Lipinski definition) is 5. The summed E-state index contributed by atoms with van der Waals surface area (Å²) in [6, 6.07) is 8.23. The molecule has 1 saturated carbocycles. The third kappa shape index (κ3) is 3.75. The molecule has 2 aliphatic rings. The number of carbonyl (C=O) groups is 1. The van der Waals surface area contributed by atoms with Gasteiger partial charge in [0, 0.05) is 18.3 Å². The summed E-state index contributed by atoms with van der Waals surface area (Å²) in [7, 11) is 0. The Balaban J connectivity index is 1.24. The van der Waals surface area contributed by atoms with Crippen LogP contribution in [-0.2, 0) is 6.54 Å². The van der Waals surface area contributed by atoms with Crippen LogP contribution in [0.15, 0.2) is 36.7 Å². The lowest BCUT2D eigenvalue weighted by molar-refractivity contribution is 0.00435. The zero-order valence-corrected chi connectivity index (χ0v) is 15.2. The number of nitrogens with zero attached hydrogens (tertiary/aromatic N) is 4. The number of aromatic nitrogens is 3. The molecule has 0 aromatic carbocycles. The first-order valence-corrected chi connectivity index (χ1v) is 9.34. The van der Waals surface area contributed by atoms with Gasteiger partial charge in [0.25, 0.3) is 5.91 Å². The van der Waals surface area contributed by atoms with Gasteiger partial charge >= 0.3 is 0 Å². The number of pyridine rings is 1. The molecule has 1 saturated heterocycles. The van der Waals surface area contributed by atoms with Crippen LogP contribution < -0.4 is 5.32 Å². The summed E-state index contributed by atoms with van der Waals surface area (Å²) in [6.45, 7) is 5.21. The minimum Gasteiger partial charge on any atom is -0.349 e. The van der Waals surface area contributed by atoms with Crippen LogP contribution >= 0.6 is 0 Å². The fourth-order valence-electron chi connectivity index (χ4n) is 4.29. The quantitative estimate of drug-likeness (QED) is 0.916. The van der Waals surface area contributed by atoms with E-state index in [4.69, 9.17) is 0 Å². The van der Waals surface area contributed by atoms with Gasteiger partial charge in [0.15, 0.2) is 0 Å². The van der Waals surface area contributed by atoms with E-state index in [0.29, 0.717) is 17.0 Å². The third-order valence-corrected chi connectivity index (χ3v) is 5.79. The van der Waals surface area contributed by atoms with Crippen molar-refractivity contribution in [3.05, 3.63) is 53.6 Å². The molecule has 0 radical (unpaired) electrons. The van der Waals surface area contributed by atoms with Crippen LogP contribution in [0.25, 0.3) is 0 Å². The van der Waals surface area contributed by atoms with E-state index in [0.717, 1.165) is 43.9 Å². The van der Waals surface area contributed by atoms with Gasteiger partial charge in [0.1, 0.15) is 0 Å². The largest absolute Gasteiger partial charge is 0.349 e. The summed E-state index contributed by atoms with van der Waals surface area (Å²) in [5.74, 6) is -0.0392. The van der Waals surface area contributed by atoms with Gasteiger partial charge < -0.3 is 5.32 Å². The molecule has 4 rings (SSSR count). The van der Waals surface area contributed by atoms with Gasteiger partial charge in [0.05, 0.1) is 23.7 Å². The zero-order chi connectivity index (χ0) is 18.0. The second-order valence-electron chi connectivity index (χ2n) is 7.76. The normalized spacial score (nSPS) is 19.9. The monoisotopic (exact) mass is 351 g/mol. The molecule has 136 valence electrons. The second kappa shape index (κ2) is 7.11. The summed E-state index contributed by atoms with van der Waals surface area (Å²) in [5.41, 5.74) is 3.25. The summed E-state index contributed by atoms with van der Waals surface area (Å²) in [5, 5.41) is 10.6. The van der Waals surface area contributed by atoms with E-state index in [1.54, 1.807) is 12.3 Å². The van der Waals surface area contributed by atoms with Gasteiger partial charge in [-0.1, -0.05) is 6.07 Å². The standard InChI is InChI=1S/C20H25N5O/c1-15-3-2-4-17(23-15)14-25-9-6-20(7-10-25)11-18(12-20)24-19(26)16-5-8-21-22-13-16/h2-5,8,13,18H,6-7,9-12,14H2,1H3,(H,24,26). The first-order chi connectivity index (χ1) is 12.6. The highest BCUT2D eigenvalue weighted by Gasteiger charge is 2.46. The SMILES string of the molecule is Cc1cccc(CN2CCC3(CC2)CC(NC(=O)c2ccnnc2)C3)n1. The Morgan fingerprint density at radius 2 is 2.04 bits per heavy atom. The maximum atomic E-state index is 12.2. The molecule has 2 aromatic heterocycles. The van der Waals surface area contributed by atoms with Crippen LogP contribution in [0.3, 0.4) is 0 Å². The van der Waals surface area contributed by atoms with Gasteiger partial charge in [-0.15, -0.1) is 0 Å². The summed E-state index contributed by atoms with van der Waals surface area (Å²) >= 11 is 0. The minimum atomic E-state index is -0.0392. The van der Waals surface area contributed by atoms with Gasteiger partial charge in [-0.25, -0.2) is 0 Å². The van der Waals surface area contributed by atoms with Gasteiger partial charge in [-0.2, -0.15) is 10.2 Å². The minimum absolute atomic E-state index is 0.0392. The van der Waals surface area contributed by atoms with E-state index in [-0.39, 0.29) is 5.91 Å². The lowest BCUT2D eigenvalue weighted by atomic mass is 9.60. The first kappa shape index (κ1) is 17.1. The highest BCUT2D eigenvalue weighted by atomic mass is 16.1. The van der Waals surface area contributed by atoms with Crippen LogP contribution in [0.5, 0.6) is 0 Å². The van der Waals surface area contributed by atoms with E-state index in [1.807, 2.05) is 13.0 Å². The van der Waals surface area contributed by atoms with Crippen LogP contribution in [-0.4, -0.2) is 45.1 Å². The zero-order valence-electron chi connectivity index (χ0n) is 15.2. The molecule has 1 N–H and O–H groups in total. The van der Waals surface area contributed by atoms with Crippen LogP contribution in [0.1, 0.15) is 47.4 Å². The Hall–Kier alpha value is -2.34. The molecule has 1 spiro atoms. The maximum absolute atomic E-state index is 12.2. The summed E-state index contributed by atoms with van der Waals surface area (Å²) in [4.78, 5) is 19.3. The van der Waals surface area contributed by atoms with Crippen molar-refractivity contribution in [2.75, 3.05) is 13.1 Å². The number of amides is 1. The Morgan fingerprint density at radius 1 is 1.23 bits per heavy atom. The number of likely N-dealkylation sites (tertiary alicyclic amines) is 1. The average molecular weight is 351 g/mol. The molecular weight excluding hydrogens is 326 g/mol. The number of rotatable bonds is 4. The highest BCUT2D eigenvalue weighted by molar-refractivity contribution is 5.94. The molecule has 0 bridgehead atoms. The van der Waals surface area contributed by atoms with E-state index in [9.17, 15) is 4.79 Å². The molecular formula is C20H25N5O. The lowest BCUT2D eigenvalue weighted by Gasteiger charge is -2.52. The van der Waals surface area contributed by atoms with Crippen LogP contribution in [0, 0.1) is 12.3 Å². The van der Waals surface area contributed by atoms with Crippen molar-refractivity contribution in [3.8, 4) is 0 Å². The fourth-order valence-corrected chi connectivity index (χ4v) is 4.29. The van der Waals surface area contributed by atoms with E-state index < -0.39 is 0 Å². The average Bonchev–Trinajstić information content (AvgIpc) is 2.63. The predicted octanol–water partition coefficient (Wildman–Crippen LogP) is 2.35. The molecule has 6 nitrogen and oxygen atoms in total. The summed E-state index contributed by atoms with van der Waals surface area (Å²) < 4.78 is 0. The third-order valence-electron chi connectivity index (χ3n) is 5.79.